The number of nitrogens with one attached hydrogen (secondary N) is 2. The zero-order valence-corrected chi connectivity index (χ0v) is 25.2. The van der Waals surface area contributed by atoms with E-state index in [2.05, 4.69) is 10.6 Å². The van der Waals surface area contributed by atoms with Crippen LogP contribution in [0.1, 0.15) is 31.8 Å². The van der Waals surface area contributed by atoms with Crippen molar-refractivity contribution in [1.82, 2.24) is 10.6 Å². The summed E-state index contributed by atoms with van der Waals surface area (Å²) in [5, 5.41) is 5.31. The number of hydrogen-bond donors (Lipinski definition) is 2. The van der Waals surface area contributed by atoms with Crippen LogP contribution in [0.5, 0.6) is 0 Å². The van der Waals surface area contributed by atoms with Gasteiger partial charge in [0.05, 0.1) is 0 Å². The Balaban J connectivity index is 0.000000250. The van der Waals surface area contributed by atoms with Crippen LogP contribution in [0.4, 0.5) is 43.2 Å². The van der Waals surface area contributed by atoms with Crippen molar-refractivity contribution in [3.8, 4) is 0 Å². The number of hydrogen-bond acceptors (Lipinski definition) is 2. The molecule has 0 aromatic heterocycles. The van der Waals surface area contributed by atoms with E-state index < -0.39 is 47.9 Å². The molecule has 0 spiro atoms. The molecule has 0 unspecified atom stereocenters. The maximum atomic E-state index is 12.7. The second kappa shape index (κ2) is 11.4. The van der Waals surface area contributed by atoms with Gasteiger partial charge in [-0.2, -0.15) is 0 Å². The number of carbonyl (C=O) groups excluding carboxylic acids is 2. The van der Waals surface area contributed by atoms with Crippen molar-refractivity contribution in [2.75, 3.05) is 0 Å². The maximum absolute atomic E-state index is 12.7. The Hall–Kier alpha value is -3.96. The van der Waals surface area contributed by atoms with Crippen molar-refractivity contribution in [3.63, 3.8) is 0 Å². The molecule has 4 aromatic carbocycles. The van der Waals surface area contributed by atoms with Crippen molar-refractivity contribution in [3.05, 3.63) is 130 Å². The molecule has 18 heteroatoms. The highest BCUT2D eigenvalue weighted by Crippen LogP contribution is 3.02. The molecule has 0 aliphatic heterocycles. The first-order valence-electron chi connectivity index (χ1n) is 12.4. The minimum absolute atomic E-state index is 0.0952. The molecule has 0 saturated heterocycles. The molecule has 0 fully saturated rings. The predicted octanol–water partition coefficient (Wildman–Crippen LogP) is 11.3. The molecule has 2 amide bonds. The summed E-state index contributed by atoms with van der Waals surface area (Å²) in [5.74, 6) is -1.55. The molecular weight excluding hydrogens is 705 g/mol. The first kappa shape index (κ1) is 36.5. The smallest absolute Gasteiger partial charge is 0.310 e. The summed E-state index contributed by atoms with van der Waals surface area (Å²) in [4.78, 5) is 19.6. The molecule has 2 N–H and O–H groups in total. The van der Waals surface area contributed by atoms with Crippen molar-refractivity contribution in [2.24, 2.45) is 0 Å². The third-order valence-corrected chi connectivity index (χ3v) is 8.43. The standard InChI is InChI=1S/C14H11ClF5NOS.C14H11F6NOS/c2*15-12-5-3-11(4-6-12)14(22)21-9-10-1-7-13(8-2-10)23(16,17,18,19)20/h2*1-8H,9H2,(H,21,22). The lowest BCUT2D eigenvalue weighted by molar-refractivity contribution is 0.0943. The minimum Gasteiger partial charge on any atom is -0.348 e. The van der Waals surface area contributed by atoms with Gasteiger partial charge < -0.3 is 10.6 Å². The fraction of sp³-hybridized carbons (Fsp3) is 0.0714. The van der Waals surface area contributed by atoms with Crippen LogP contribution in [-0.2, 0) is 13.1 Å². The number of amides is 2. The largest absolute Gasteiger partial charge is 0.348 e. The van der Waals surface area contributed by atoms with Gasteiger partial charge in [0.15, 0.2) is 0 Å². The Labute approximate surface area is 260 Å². The fourth-order valence-corrected chi connectivity index (χ4v) is 4.93. The second-order valence-corrected chi connectivity index (χ2v) is 14.9. The Bertz CT molecular complexity index is 1590. The Kier molecular flexibility index (Phi) is 9.03. The first-order valence-corrected chi connectivity index (χ1v) is 16.7. The van der Waals surface area contributed by atoms with Crippen LogP contribution in [0.15, 0.2) is 107 Å². The SMILES string of the molecule is O=C(NCc1ccc(S(F)(F)(F)(F)F)cc1)c1ccc(Cl)cc1.O=C(NCc1ccc(S(F)(F)(F)(F)F)cc1)c1ccc(F)cc1. The number of halogens is 12. The molecule has 0 bridgehead atoms. The molecule has 0 aliphatic rings. The normalized spacial score (nSPS) is 14.7. The summed E-state index contributed by atoms with van der Waals surface area (Å²) < 4.78 is 138. The van der Waals surface area contributed by atoms with Gasteiger partial charge in [-0.15, -0.1) is 0 Å². The van der Waals surface area contributed by atoms with Crippen molar-refractivity contribution < 1.29 is 52.8 Å². The van der Waals surface area contributed by atoms with Crippen molar-refractivity contribution in [2.45, 2.75) is 22.9 Å². The van der Waals surface area contributed by atoms with Crippen LogP contribution in [0.2, 0.25) is 5.02 Å². The van der Waals surface area contributed by atoms with E-state index in [9.17, 15) is 52.8 Å². The van der Waals surface area contributed by atoms with Gasteiger partial charge in [0, 0.05) is 29.2 Å². The summed E-state index contributed by atoms with van der Waals surface area (Å²) in [6, 6.07) is 15.3. The third-order valence-electron chi connectivity index (χ3n) is 5.86. The fourth-order valence-electron chi connectivity index (χ4n) is 3.50. The second-order valence-electron chi connectivity index (χ2n) is 9.60. The van der Waals surface area contributed by atoms with E-state index >= 15 is 0 Å². The average molecular weight is 727 g/mol. The van der Waals surface area contributed by atoms with E-state index in [0.717, 1.165) is 36.4 Å². The number of benzene rings is 4. The molecule has 0 heterocycles. The van der Waals surface area contributed by atoms with Gasteiger partial charge in [0.25, 0.3) is 11.8 Å². The highest BCUT2D eigenvalue weighted by atomic mass is 35.5. The third kappa shape index (κ3) is 11.1. The van der Waals surface area contributed by atoms with E-state index in [-0.39, 0.29) is 41.9 Å². The van der Waals surface area contributed by atoms with Crippen LogP contribution < -0.4 is 10.6 Å². The average Bonchev–Trinajstić information content (AvgIpc) is 2.94. The highest BCUT2D eigenvalue weighted by molar-refractivity contribution is 8.46. The van der Waals surface area contributed by atoms with Crippen LogP contribution in [0, 0.1) is 5.82 Å². The monoisotopic (exact) mass is 726 g/mol. The molecular formula is C28H22ClF11N2O2S2. The predicted molar refractivity (Wildman–Crippen MR) is 156 cm³/mol. The topological polar surface area (TPSA) is 58.2 Å². The van der Waals surface area contributed by atoms with Crippen molar-refractivity contribution in [1.29, 1.82) is 0 Å². The van der Waals surface area contributed by atoms with E-state index in [0.29, 0.717) is 22.7 Å². The van der Waals surface area contributed by atoms with Crippen molar-refractivity contribution >= 4 is 43.9 Å². The zero-order chi connectivity index (χ0) is 34.7. The molecule has 0 aliphatic carbocycles. The van der Waals surface area contributed by atoms with Crippen LogP contribution >= 0.6 is 32.0 Å². The summed E-state index contributed by atoms with van der Waals surface area (Å²) in [6.07, 6.45) is 0. The quantitative estimate of drug-likeness (QED) is 0.178. The Morgan fingerprint density at radius 2 is 0.804 bits per heavy atom. The van der Waals surface area contributed by atoms with Crippen LogP contribution in [-0.4, -0.2) is 11.8 Å². The van der Waals surface area contributed by atoms with E-state index in [1.54, 1.807) is 0 Å². The summed E-state index contributed by atoms with van der Waals surface area (Å²) in [5.41, 5.74) is 0.956. The summed E-state index contributed by atoms with van der Waals surface area (Å²) in [7, 11) is -19.4. The van der Waals surface area contributed by atoms with E-state index in [4.69, 9.17) is 11.6 Å². The molecule has 0 saturated carbocycles. The molecule has 0 atom stereocenters. The van der Waals surface area contributed by atoms with Gasteiger partial charge in [0.1, 0.15) is 15.6 Å². The van der Waals surface area contributed by atoms with Gasteiger partial charge >= 0.3 is 20.4 Å². The summed E-state index contributed by atoms with van der Waals surface area (Å²) >= 11 is 5.68. The van der Waals surface area contributed by atoms with Crippen LogP contribution in [0.25, 0.3) is 0 Å². The van der Waals surface area contributed by atoms with E-state index in [1.807, 2.05) is 0 Å². The molecule has 252 valence electrons. The maximum Gasteiger partial charge on any atom is 0.310 e. The lowest BCUT2D eigenvalue weighted by Crippen LogP contribution is -2.22. The lowest BCUT2D eigenvalue weighted by atomic mass is 10.2. The summed E-state index contributed by atoms with van der Waals surface area (Å²) in [6.45, 7) is -0.251. The number of carbonyl (C=O) groups is 2. The van der Waals surface area contributed by atoms with Gasteiger partial charge in [-0.25, -0.2) is 4.39 Å². The molecule has 46 heavy (non-hydrogen) atoms. The molecule has 4 nitrogen and oxygen atoms in total. The number of rotatable bonds is 8. The van der Waals surface area contributed by atoms with Gasteiger partial charge in [-0.05, 0) is 83.9 Å². The van der Waals surface area contributed by atoms with Crippen LogP contribution in [0.3, 0.4) is 0 Å². The highest BCUT2D eigenvalue weighted by Gasteiger charge is 2.66. The molecule has 4 rings (SSSR count). The minimum atomic E-state index is -9.69. The van der Waals surface area contributed by atoms with E-state index in [1.165, 1.54) is 36.4 Å². The molecule has 0 radical (unpaired) electrons. The molecule has 4 aromatic rings. The Morgan fingerprint density at radius 1 is 0.500 bits per heavy atom. The van der Waals surface area contributed by atoms with Gasteiger partial charge in [-0.1, -0.05) is 74.7 Å². The zero-order valence-electron chi connectivity index (χ0n) is 22.8. The van der Waals surface area contributed by atoms with Gasteiger partial charge in [0.2, 0.25) is 0 Å². The lowest BCUT2D eigenvalue weighted by Gasteiger charge is -2.40. The first-order chi connectivity index (χ1) is 20.7. The Morgan fingerprint density at radius 3 is 1.11 bits per heavy atom. The van der Waals surface area contributed by atoms with Gasteiger partial charge in [-0.3, -0.25) is 9.59 Å².